The number of hydrogen-bond acceptors (Lipinski definition) is 3. The van der Waals surface area contributed by atoms with Crippen molar-refractivity contribution >= 4 is 5.97 Å². The van der Waals surface area contributed by atoms with Gasteiger partial charge in [-0.1, -0.05) is 25.5 Å². The standard InChI is InChI=1S/C22H31NO2/c1-14(24)25-17-8-10-21(2)15(12-17)4-6-18-19-7-5-16(13-23)22(19,3)11-9-20(18)21/h4,16-20H,5-12H2,1-3H3/t16-,17-,18-,19+,20+,21-,22+/m0/s1. The molecule has 0 heterocycles. The lowest BCUT2D eigenvalue weighted by molar-refractivity contribution is -0.148. The fourth-order valence-corrected chi connectivity index (χ4v) is 7.18. The molecule has 4 aliphatic carbocycles. The number of allylic oxidation sites excluding steroid dienone is 1. The Morgan fingerprint density at radius 3 is 2.72 bits per heavy atom. The van der Waals surface area contributed by atoms with Crippen molar-refractivity contribution in [2.24, 2.45) is 34.5 Å². The summed E-state index contributed by atoms with van der Waals surface area (Å²) in [4.78, 5) is 11.3. The Labute approximate surface area is 151 Å². The molecule has 3 saturated carbocycles. The topological polar surface area (TPSA) is 50.1 Å². The van der Waals surface area contributed by atoms with Gasteiger partial charge in [-0.2, -0.15) is 5.26 Å². The van der Waals surface area contributed by atoms with Crippen molar-refractivity contribution in [3.63, 3.8) is 0 Å². The maximum Gasteiger partial charge on any atom is 0.302 e. The average Bonchev–Trinajstić information content (AvgIpc) is 2.91. The van der Waals surface area contributed by atoms with Crippen LogP contribution in [-0.2, 0) is 9.53 Å². The summed E-state index contributed by atoms with van der Waals surface area (Å²) in [7, 11) is 0. The lowest BCUT2D eigenvalue weighted by Gasteiger charge is -2.57. The number of rotatable bonds is 1. The van der Waals surface area contributed by atoms with Gasteiger partial charge >= 0.3 is 5.97 Å². The van der Waals surface area contributed by atoms with E-state index in [1.165, 1.54) is 32.6 Å². The fourth-order valence-electron chi connectivity index (χ4n) is 7.18. The monoisotopic (exact) mass is 341 g/mol. The number of nitrogens with zero attached hydrogens (tertiary/aromatic N) is 1. The third-order valence-electron chi connectivity index (χ3n) is 8.55. The first-order chi connectivity index (χ1) is 11.9. The van der Waals surface area contributed by atoms with Crippen molar-refractivity contribution in [2.75, 3.05) is 0 Å². The molecule has 0 spiro atoms. The predicted octanol–water partition coefficient (Wildman–Crippen LogP) is 5.02. The van der Waals surface area contributed by atoms with E-state index >= 15 is 0 Å². The maximum atomic E-state index is 11.3. The van der Waals surface area contributed by atoms with Crippen LogP contribution in [-0.4, -0.2) is 12.1 Å². The second-order valence-corrected chi connectivity index (χ2v) is 9.54. The van der Waals surface area contributed by atoms with E-state index in [4.69, 9.17) is 4.74 Å². The first-order valence-electron chi connectivity index (χ1n) is 10.1. The van der Waals surface area contributed by atoms with Crippen molar-refractivity contribution in [3.8, 4) is 6.07 Å². The summed E-state index contributed by atoms with van der Waals surface area (Å²) < 4.78 is 5.52. The Morgan fingerprint density at radius 2 is 2.00 bits per heavy atom. The van der Waals surface area contributed by atoms with Crippen molar-refractivity contribution in [1.82, 2.24) is 0 Å². The highest BCUT2D eigenvalue weighted by atomic mass is 16.5. The molecule has 4 rings (SSSR count). The van der Waals surface area contributed by atoms with E-state index in [-0.39, 0.29) is 28.8 Å². The predicted molar refractivity (Wildman–Crippen MR) is 96.4 cm³/mol. The van der Waals surface area contributed by atoms with Crippen molar-refractivity contribution in [1.29, 1.82) is 5.26 Å². The number of nitriles is 1. The van der Waals surface area contributed by atoms with Crippen LogP contribution in [0.15, 0.2) is 11.6 Å². The van der Waals surface area contributed by atoms with Crippen LogP contribution in [0, 0.1) is 45.8 Å². The van der Waals surface area contributed by atoms with Crippen molar-refractivity contribution < 1.29 is 9.53 Å². The SMILES string of the molecule is CC(=O)O[C@H]1CC[C@@]2(C)C(=CC[C@H]3[C@H]4CC[C@@H](C#N)[C@@]4(C)CC[C@H]32)C1. The van der Waals surface area contributed by atoms with Gasteiger partial charge in [0.25, 0.3) is 0 Å². The molecular formula is C22H31NO2. The molecule has 3 heteroatoms. The van der Waals surface area contributed by atoms with Crippen LogP contribution >= 0.6 is 0 Å². The molecule has 0 aromatic rings. The van der Waals surface area contributed by atoms with Crippen LogP contribution in [0.1, 0.15) is 72.1 Å². The van der Waals surface area contributed by atoms with Gasteiger partial charge in [0.15, 0.2) is 0 Å². The maximum absolute atomic E-state index is 11.3. The first-order valence-corrected chi connectivity index (χ1v) is 10.1. The molecule has 0 saturated heterocycles. The normalized spacial score (nSPS) is 48.4. The zero-order valence-electron chi connectivity index (χ0n) is 15.9. The van der Waals surface area contributed by atoms with Crippen molar-refractivity contribution in [2.45, 2.75) is 78.2 Å². The molecule has 0 radical (unpaired) electrons. The lowest BCUT2D eigenvalue weighted by atomic mass is 9.47. The molecule has 136 valence electrons. The number of fused-ring (bicyclic) bond motifs is 5. The number of carbonyl (C=O) groups excluding carboxylic acids is 1. The second-order valence-electron chi connectivity index (χ2n) is 9.54. The summed E-state index contributed by atoms with van der Waals surface area (Å²) in [6.45, 7) is 6.39. The molecule has 0 aromatic carbocycles. The zero-order chi connectivity index (χ0) is 17.8. The van der Waals surface area contributed by atoms with Gasteiger partial charge in [-0.15, -0.1) is 0 Å². The van der Waals surface area contributed by atoms with E-state index in [2.05, 4.69) is 26.0 Å². The van der Waals surface area contributed by atoms with Crippen LogP contribution in [0.25, 0.3) is 0 Å². The minimum atomic E-state index is -0.148. The van der Waals surface area contributed by atoms with Gasteiger partial charge < -0.3 is 4.74 Å². The average molecular weight is 341 g/mol. The Morgan fingerprint density at radius 1 is 1.20 bits per heavy atom. The van der Waals surface area contributed by atoms with Gasteiger partial charge in [0.1, 0.15) is 6.10 Å². The molecule has 0 aromatic heterocycles. The number of ether oxygens (including phenoxy) is 1. The highest BCUT2D eigenvalue weighted by Crippen LogP contribution is 2.66. The van der Waals surface area contributed by atoms with Crippen LogP contribution < -0.4 is 0 Å². The summed E-state index contributed by atoms with van der Waals surface area (Å²) >= 11 is 0. The third kappa shape index (κ3) is 2.47. The van der Waals surface area contributed by atoms with Gasteiger partial charge in [-0.25, -0.2) is 0 Å². The van der Waals surface area contributed by atoms with Crippen LogP contribution in [0.5, 0.6) is 0 Å². The quantitative estimate of drug-likeness (QED) is 0.497. The van der Waals surface area contributed by atoms with Crippen LogP contribution in [0.2, 0.25) is 0 Å². The number of carbonyl (C=O) groups is 1. The Kier molecular flexibility index (Phi) is 4.02. The molecule has 0 N–H and O–H groups in total. The molecule has 0 amide bonds. The number of hydrogen-bond donors (Lipinski definition) is 0. The van der Waals surface area contributed by atoms with Crippen LogP contribution in [0.3, 0.4) is 0 Å². The Bertz CT molecular complexity index is 647. The minimum Gasteiger partial charge on any atom is -0.462 e. The molecule has 3 nitrogen and oxygen atoms in total. The van der Waals surface area contributed by atoms with E-state index in [9.17, 15) is 10.1 Å². The largest absolute Gasteiger partial charge is 0.462 e. The van der Waals surface area contributed by atoms with Gasteiger partial charge in [0.2, 0.25) is 0 Å². The molecule has 0 unspecified atom stereocenters. The molecular weight excluding hydrogens is 310 g/mol. The van der Waals surface area contributed by atoms with E-state index in [1.807, 2.05) is 0 Å². The third-order valence-corrected chi connectivity index (χ3v) is 8.55. The van der Waals surface area contributed by atoms with E-state index in [0.717, 1.165) is 43.4 Å². The molecule has 3 fully saturated rings. The first kappa shape index (κ1) is 17.1. The smallest absolute Gasteiger partial charge is 0.302 e. The molecule has 7 atom stereocenters. The van der Waals surface area contributed by atoms with Gasteiger partial charge in [-0.05, 0) is 73.5 Å². The van der Waals surface area contributed by atoms with E-state index in [0.29, 0.717) is 0 Å². The summed E-state index contributed by atoms with van der Waals surface area (Å²) in [5.41, 5.74) is 2.07. The summed E-state index contributed by atoms with van der Waals surface area (Å²) in [5.74, 6) is 2.33. The van der Waals surface area contributed by atoms with Crippen LogP contribution in [0.4, 0.5) is 0 Å². The van der Waals surface area contributed by atoms with Gasteiger partial charge in [0, 0.05) is 13.3 Å². The van der Waals surface area contributed by atoms with Gasteiger partial charge in [0.05, 0.1) is 12.0 Å². The summed E-state index contributed by atoms with van der Waals surface area (Å²) in [6.07, 6.45) is 11.6. The van der Waals surface area contributed by atoms with Gasteiger partial charge in [-0.3, -0.25) is 4.79 Å². The highest BCUT2D eigenvalue weighted by Gasteiger charge is 2.58. The summed E-state index contributed by atoms with van der Waals surface area (Å²) in [5, 5.41) is 9.60. The lowest BCUT2D eigenvalue weighted by Crippen LogP contribution is -2.50. The molecule has 0 bridgehead atoms. The zero-order valence-corrected chi connectivity index (χ0v) is 15.9. The second kappa shape index (κ2) is 5.86. The summed E-state index contributed by atoms with van der Waals surface area (Å²) in [6, 6.07) is 2.63. The molecule has 4 aliphatic rings. The van der Waals surface area contributed by atoms with Crippen molar-refractivity contribution in [3.05, 3.63) is 11.6 Å². The van der Waals surface area contributed by atoms with E-state index < -0.39 is 0 Å². The van der Waals surface area contributed by atoms with E-state index in [1.54, 1.807) is 5.57 Å². The molecule has 0 aliphatic heterocycles. The highest BCUT2D eigenvalue weighted by molar-refractivity contribution is 5.66. The molecule has 25 heavy (non-hydrogen) atoms. The minimum absolute atomic E-state index is 0.0803. The Hall–Kier alpha value is -1.30. The number of esters is 1. The Balaban J connectivity index is 1.59. The fraction of sp³-hybridized carbons (Fsp3) is 0.818.